The second-order valence-electron chi connectivity index (χ2n) is 22.8. The van der Waals surface area contributed by atoms with Gasteiger partial charge in [0.25, 0.3) is 0 Å². The molecule has 9 nitrogen and oxygen atoms in total. The van der Waals surface area contributed by atoms with Crippen molar-refractivity contribution in [1.29, 1.82) is 0 Å². The van der Waals surface area contributed by atoms with E-state index in [1.165, 1.54) is 135 Å². The molecule has 10 heteroatoms. The van der Waals surface area contributed by atoms with Gasteiger partial charge in [-0.3, -0.25) is 18.6 Å². The van der Waals surface area contributed by atoms with Crippen LogP contribution < -0.4 is 0 Å². The maximum absolute atomic E-state index is 12.9. The molecule has 0 aliphatic carbocycles. The minimum Gasteiger partial charge on any atom is -0.462 e. The molecule has 0 saturated carbocycles. The zero-order valence-electron chi connectivity index (χ0n) is 52.3. The minimum atomic E-state index is -4.40. The van der Waals surface area contributed by atoms with Gasteiger partial charge < -0.3 is 18.9 Å². The quantitative estimate of drug-likeness (QED) is 0.0211. The molecule has 0 fully saturated rings. The van der Waals surface area contributed by atoms with E-state index in [2.05, 4.69) is 123 Å². The zero-order valence-corrected chi connectivity index (χ0v) is 53.2. The first-order chi connectivity index (χ1) is 39.0. The molecule has 0 heterocycles. The predicted octanol–water partition coefficient (Wildman–Crippen LogP) is 20.9. The monoisotopic (exact) mass is 1140 g/mol. The lowest BCUT2D eigenvalue weighted by Crippen LogP contribution is -2.37. The van der Waals surface area contributed by atoms with Gasteiger partial charge in [0.15, 0.2) is 6.10 Å². The molecule has 0 aromatic rings. The van der Waals surface area contributed by atoms with Crippen LogP contribution in [0.25, 0.3) is 0 Å². The Labute approximate surface area is 493 Å². The Morgan fingerprint density at radius 2 is 0.713 bits per heavy atom. The van der Waals surface area contributed by atoms with E-state index in [1.807, 2.05) is 21.1 Å². The molecule has 80 heavy (non-hydrogen) atoms. The molecule has 0 spiro atoms. The van der Waals surface area contributed by atoms with Gasteiger partial charge in [0.05, 0.1) is 27.7 Å². The van der Waals surface area contributed by atoms with E-state index in [4.69, 9.17) is 18.5 Å². The molecule has 0 aliphatic rings. The van der Waals surface area contributed by atoms with E-state index in [-0.39, 0.29) is 32.0 Å². The number of esters is 2. The number of likely N-dealkylation sites (N-methyl/N-ethyl adjacent to an activating group) is 1. The Kier molecular flexibility index (Phi) is 57.8. The average Bonchev–Trinajstić information content (AvgIpc) is 3.42. The van der Waals surface area contributed by atoms with Crippen LogP contribution in [0.1, 0.15) is 271 Å². The second kappa shape index (κ2) is 60.3. The fraction of sp³-hybridized carbons (Fsp3) is 0.714. The summed E-state index contributed by atoms with van der Waals surface area (Å²) in [6.07, 6.45) is 84.6. The number of carbonyl (C=O) groups excluding carboxylic acids is 2. The molecule has 0 aromatic carbocycles. The van der Waals surface area contributed by atoms with Crippen molar-refractivity contribution in [3.8, 4) is 0 Å². The third-order valence-electron chi connectivity index (χ3n) is 13.8. The molecule has 0 radical (unpaired) electrons. The highest BCUT2D eigenvalue weighted by atomic mass is 31.2. The number of allylic oxidation sites excluding steroid dienone is 18. The first-order valence-electron chi connectivity index (χ1n) is 32.6. The number of hydrogen-bond donors (Lipinski definition) is 1. The van der Waals surface area contributed by atoms with E-state index in [0.29, 0.717) is 17.4 Å². The standard InChI is InChI=1S/C70H122NO8P/c1-6-8-10-12-14-16-18-20-22-24-26-27-28-29-30-31-32-33-34-35-36-37-38-39-40-41-42-43-45-47-49-51-53-55-57-59-61-63-70(73)79-68(67-78-80(74,75)77-65-64-71(3,4)5)66-76-69(72)62-60-58-56-54-52-50-48-46-44-25-23-21-19-17-15-13-11-9-7-2/h8,10,14-17,20-23,26-27,29-30,32-33,44,46,68H,6-7,9,11-13,18-19,24-25,28,31,34-43,45,47-67H2,1-5H3/p+1/b10-8-,16-14-,17-15-,22-20-,23-21-,27-26-,30-29-,33-32-,46-44-. The van der Waals surface area contributed by atoms with Gasteiger partial charge in [-0.25, -0.2) is 4.57 Å². The van der Waals surface area contributed by atoms with Crippen LogP contribution in [0.2, 0.25) is 0 Å². The topological polar surface area (TPSA) is 108 Å². The number of unbranched alkanes of at least 4 members (excludes halogenated alkanes) is 27. The van der Waals surface area contributed by atoms with E-state index in [0.717, 1.165) is 103 Å². The van der Waals surface area contributed by atoms with Gasteiger partial charge in [-0.05, 0) is 103 Å². The fourth-order valence-electron chi connectivity index (χ4n) is 8.79. The molecular formula is C70H123NO8P+. The molecule has 0 rings (SSSR count). The van der Waals surface area contributed by atoms with Crippen molar-refractivity contribution in [2.24, 2.45) is 0 Å². The molecule has 460 valence electrons. The Morgan fingerprint density at radius 3 is 1.06 bits per heavy atom. The molecule has 2 atom stereocenters. The maximum Gasteiger partial charge on any atom is 0.472 e. The van der Waals surface area contributed by atoms with Crippen LogP contribution in [0.15, 0.2) is 109 Å². The van der Waals surface area contributed by atoms with Crippen LogP contribution in [0, 0.1) is 0 Å². The largest absolute Gasteiger partial charge is 0.472 e. The van der Waals surface area contributed by atoms with Gasteiger partial charge in [0.2, 0.25) is 0 Å². The Bertz CT molecular complexity index is 1720. The van der Waals surface area contributed by atoms with Crippen molar-refractivity contribution in [2.75, 3.05) is 47.5 Å². The Balaban J connectivity index is 4.04. The van der Waals surface area contributed by atoms with Crippen molar-refractivity contribution in [1.82, 2.24) is 0 Å². The van der Waals surface area contributed by atoms with Crippen molar-refractivity contribution >= 4 is 19.8 Å². The van der Waals surface area contributed by atoms with Crippen LogP contribution in [0.3, 0.4) is 0 Å². The van der Waals surface area contributed by atoms with Crippen molar-refractivity contribution in [3.63, 3.8) is 0 Å². The summed E-state index contributed by atoms with van der Waals surface area (Å²) in [5.41, 5.74) is 0. The number of nitrogens with zero attached hydrogens (tertiary/aromatic N) is 1. The summed E-state index contributed by atoms with van der Waals surface area (Å²) in [6.45, 7) is 4.29. The van der Waals surface area contributed by atoms with Gasteiger partial charge >= 0.3 is 19.8 Å². The number of carbonyl (C=O) groups is 2. The number of hydrogen-bond acceptors (Lipinski definition) is 7. The third-order valence-corrected chi connectivity index (χ3v) is 14.8. The first-order valence-corrected chi connectivity index (χ1v) is 34.1. The number of rotatable bonds is 59. The molecular weight excluding hydrogens is 1010 g/mol. The highest BCUT2D eigenvalue weighted by molar-refractivity contribution is 7.47. The van der Waals surface area contributed by atoms with E-state index >= 15 is 0 Å². The van der Waals surface area contributed by atoms with Crippen molar-refractivity contribution < 1.29 is 42.1 Å². The lowest BCUT2D eigenvalue weighted by Gasteiger charge is -2.24. The second-order valence-corrected chi connectivity index (χ2v) is 24.2. The van der Waals surface area contributed by atoms with Gasteiger partial charge in [0, 0.05) is 12.8 Å². The van der Waals surface area contributed by atoms with Crippen LogP contribution in [0.5, 0.6) is 0 Å². The highest BCUT2D eigenvalue weighted by Crippen LogP contribution is 2.43. The molecule has 0 amide bonds. The van der Waals surface area contributed by atoms with Gasteiger partial charge in [0.1, 0.15) is 19.8 Å². The van der Waals surface area contributed by atoms with Crippen molar-refractivity contribution in [3.05, 3.63) is 109 Å². The minimum absolute atomic E-state index is 0.0262. The molecule has 2 unspecified atom stereocenters. The fourth-order valence-corrected chi connectivity index (χ4v) is 9.53. The smallest absolute Gasteiger partial charge is 0.462 e. The molecule has 0 bridgehead atoms. The summed E-state index contributed by atoms with van der Waals surface area (Å²) in [7, 11) is 1.47. The number of phosphoric acid groups is 1. The van der Waals surface area contributed by atoms with Crippen LogP contribution in [-0.2, 0) is 32.7 Å². The summed E-state index contributed by atoms with van der Waals surface area (Å²) < 4.78 is 34.6. The summed E-state index contributed by atoms with van der Waals surface area (Å²) in [5, 5.41) is 0. The molecule has 0 aliphatic heterocycles. The third kappa shape index (κ3) is 63.8. The highest BCUT2D eigenvalue weighted by Gasteiger charge is 2.27. The summed E-state index contributed by atoms with van der Waals surface area (Å²) in [5.74, 6) is -0.809. The summed E-state index contributed by atoms with van der Waals surface area (Å²) >= 11 is 0. The van der Waals surface area contributed by atoms with Gasteiger partial charge in [-0.1, -0.05) is 264 Å². The Hall–Kier alpha value is -3.33. The van der Waals surface area contributed by atoms with Crippen LogP contribution in [0.4, 0.5) is 0 Å². The molecule has 0 aromatic heterocycles. The van der Waals surface area contributed by atoms with Gasteiger partial charge in [-0.2, -0.15) is 0 Å². The summed E-state index contributed by atoms with van der Waals surface area (Å²) in [4.78, 5) is 35.8. The van der Waals surface area contributed by atoms with E-state index < -0.39 is 26.5 Å². The van der Waals surface area contributed by atoms with Crippen LogP contribution >= 0.6 is 7.82 Å². The van der Waals surface area contributed by atoms with Crippen LogP contribution in [-0.4, -0.2) is 74.9 Å². The number of phosphoric ester groups is 1. The van der Waals surface area contributed by atoms with E-state index in [9.17, 15) is 19.0 Å². The van der Waals surface area contributed by atoms with E-state index in [1.54, 1.807) is 0 Å². The predicted molar refractivity (Wildman–Crippen MR) is 344 cm³/mol. The Morgan fingerprint density at radius 1 is 0.400 bits per heavy atom. The lowest BCUT2D eigenvalue weighted by molar-refractivity contribution is -0.870. The SMILES string of the molecule is CC/C=C\C/C=C\C/C=C\C/C=C\C/C=C\C/C=C\CCCCCCCCCCCCCCCCCCCCC(=O)OC(COC(=O)CCCCCCCC/C=C\C/C=C\C/C=C\CCCCC)COP(=O)(O)OCC[N+](C)(C)C. The normalized spacial score (nSPS) is 13.9. The first kappa shape index (κ1) is 76.7. The van der Waals surface area contributed by atoms with Crippen molar-refractivity contribution in [2.45, 2.75) is 277 Å². The maximum atomic E-state index is 12.9. The number of quaternary nitrogens is 1. The summed E-state index contributed by atoms with van der Waals surface area (Å²) in [6, 6.07) is 0. The zero-order chi connectivity index (χ0) is 58.4. The van der Waals surface area contributed by atoms with Gasteiger partial charge in [-0.15, -0.1) is 0 Å². The number of ether oxygens (including phenoxy) is 2. The molecule has 0 saturated heterocycles. The molecule has 1 N–H and O–H groups in total. The lowest BCUT2D eigenvalue weighted by atomic mass is 10.0. The average molecular weight is 1140 g/mol.